The molecule has 2 saturated heterocycles. The van der Waals surface area contributed by atoms with E-state index in [2.05, 4.69) is 11.2 Å². The molecule has 0 aromatic heterocycles. The van der Waals surface area contributed by atoms with Gasteiger partial charge in [0.05, 0.1) is 28.7 Å². The predicted octanol–water partition coefficient (Wildman–Crippen LogP) is 1.85. The third-order valence-corrected chi connectivity index (χ3v) is 7.19. The molecule has 4 rings (SSSR count). The van der Waals surface area contributed by atoms with Crippen LogP contribution in [0.4, 0.5) is 11.4 Å². The Labute approximate surface area is 186 Å². The predicted molar refractivity (Wildman–Crippen MR) is 121 cm³/mol. The maximum atomic E-state index is 12.9. The third kappa shape index (κ3) is 4.21. The van der Waals surface area contributed by atoms with Crippen LogP contribution in [0.1, 0.15) is 18.9 Å². The van der Waals surface area contributed by atoms with Gasteiger partial charge in [-0.25, -0.2) is 0 Å². The summed E-state index contributed by atoms with van der Waals surface area (Å²) in [7, 11) is 0. The van der Waals surface area contributed by atoms with Crippen molar-refractivity contribution in [3.63, 3.8) is 0 Å². The van der Waals surface area contributed by atoms with Crippen LogP contribution in [0, 0.1) is 25.2 Å². The lowest BCUT2D eigenvalue weighted by molar-refractivity contribution is -0.126. The summed E-state index contributed by atoms with van der Waals surface area (Å²) >= 11 is 1.39. The highest BCUT2D eigenvalue weighted by molar-refractivity contribution is 8.04. The van der Waals surface area contributed by atoms with Crippen molar-refractivity contribution in [2.45, 2.75) is 31.6 Å². The number of morpholine rings is 1. The van der Waals surface area contributed by atoms with E-state index < -0.39 is 0 Å². The largest absolute Gasteiger partial charge is 0.370 e. The van der Waals surface area contributed by atoms with Gasteiger partial charge in [-0.2, -0.15) is 0 Å². The van der Waals surface area contributed by atoms with Crippen LogP contribution in [0.25, 0.3) is 0 Å². The minimum atomic E-state index is -0.323. The maximum absolute atomic E-state index is 12.9. The zero-order valence-corrected chi connectivity index (χ0v) is 18.4. The monoisotopic (exact) mass is 439 g/mol. The fourth-order valence-corrected chi connectivity index (χ4v) is 5.08. The quantitative estimate of drug-likeness (QED) is 0.725. The summed E-state index contributed by atoms with van der Waals surface area (Å²) in [6.45, 7) is 5.29. The van der Waals surface area contributed by atoms with Gasteiger partial charge in [0.1, 0.15) is 6.61 Å². The number of thioether (sulfide) groups is 1. The fourth-order valence-electron chi connectivity index (χ4n) is 4.14. The Morgan fingerprint density at radius 1 is 1.32 bits per heavy atom. The second kappa shape index (κ2) is 8.77. The molecule has 2 unspecified atom stereocenters. The molecule has 3 atom stereocenters. The number of allylic oxidation sites excluding steroid dienone is 2. The van der Waals surface area contributed by atoms with Crippen LogP contribution in [0.2, 0.25) is 0 Å². The van der Waals surface area contributed by atoms with Crippen LogP contribution in [0.15, 0.2) is 29.2 Å². The highest BCUT2D eigenvalue weighted by Gasteiger charge is 2.40. The zero-order valence-electron chi connectivity index (χ0n) is 17.6. The second-order valence-corrected chi connectivity index (χ2v) is 9.22. The molecule has 3 amide bonds. The van der Waals surface area contributed by atoms with Gasteiger partial charge in [0.2, 0.25) is 11.8 Å². The van der Waals surface area contributed by atoms with E-state index in [0.29, 0.717) is 26.1 Å². The van der Waals surface area contributed by atoms with E-state index >= 15 is 0 Å². The average Bonchev–Trinajstić information content (AvgIpc) is 3.35. The molecule has 0 saturated carbocycles. The van der Waals surface area contributed by atoms with Gasteiger partial charge in [-0.15, -0.1) is 18.2 Å². The summed E-state index contributed by atoms with van der Waals surface area (Å²) in [4.78, 5) is 41.9. The molecule has 31 heavy (non-hydrogen) atoms. The highest BCUT2D eigenvalue weighted by atomic mass is 32.2. The van der Waals surface area contributed by atoms with Crippen LogP contribution in [-0.2, 0) is 19.1 Å². The molecule has 3 aliphatic heterocycles. The summed E-state index contributed by atoms with van der Waals surface area (Å²) in [5, 5.41) is 2.80. The van der Waals surface area contributed by atoms with Gasteiger partial charge in [-0.1, -0.05) is 18.9 Å². The van der Waals surface area contributed by atoms with Crippen molar-refractivity contribution in [1.82, 2.24) is 5.32 Å². The summed E-state index contributed by atoms with van der Waals surface area (Å²) < 4.78 is 5.20. The van der Waals surface area contributed by atoms with Gasteiger partial charge in [0.25, 0.3) is 5.91 Å². The highest BCUT2D eigenvalue weighted by Crippen LogP contribution is 2.33. The van der Waals surface area contributed by atoms with Crippen molar-refractivity contribution in [3.8, 4) is 12.3 Å². The van der Waals surface area contributed by atoms with Crippen molar-refractivity contribution < 1.29 is 19.1 Å². The number of carbonyl (C=O) groups excluding carboxylic acids is 3. The Morgan fingerprint density at radius 3 is 2.81 bits per heavy atom. The second-order valence-electron chi connectivity index (χ2n) is 7.98. The van der Waals surface area contributed by atoms with Crippen molar-refractivity contribution in [1.29, 1.82) is 0 Å². The maximum Gasteiger partial charge on any atom is 0.253 e. The van der Waals surface area contributed by atoms with Crippen molar-refractivity contribution in [2.75, 3.05) is 36.1 Å². The minimum absolute atomic E-state index is 0.0265. The number of anilines is 2. The zero-order chi connectivity index (χ0) is 22.1. The summed E-state index contributed by atoms with van der Waals surface area (Å²) in [5.41, 5.74) is 2.51. The number of hydrogen-bond donors (Lipinski definition) is 1. The Kier molecular flexibility index (Phi) is 6.08. The number of hydrogen-bond acceptors (Lipinski definition) is 5. The summed E-state index contributed by atoms with van der Waals surface area (Å²) in [6, 6.07) is 5.38. The van der Waals surface area contributed by atoms with E-state index in [1.165, 1.54) is 11.8 Å². The van der Waals surface area contributed by atoms with Gasteiger partial charge in [-0.3, -0.25) is 14.4 Å². The van der Waals surface area contributed by atoms with Gasteiger partial charge < -0.3 is 19.9 Å². The van der Waals surface area contributed by atoms with Gasteiger partial charge >= 0.3 is 0 Å². The van der Waals surface area contributed by atoms with E-state index in [1.54, 1.807) is 9.80 Å². The van der Waals surface area contributed by atoms with Gasteiger partial charge in [0.15, 0.2) is 0 Å². The fraction of sp³-hybridized carbons (Fsp3) is 0.435. The van der Waals surface area contributed by atoms with E-state index in [9.17, 15) is 14.4 Å². The van der Waals surface area contributed by atoms with E-state index in [1.807, 2.05) is 38.1 Å². The molecule has 0 aliphatic carbocycles. The minimum Gasteiger partial charge on any atom is -0.370 e. The molecule has 1 aromatic rings. The first-order chi connectivity index (χ1) is 14.9. The van der Waals surface area contributed by atoms with Crippen LogP contribution in [0.3, 0.4) is 0 Å². The lowest BCUT2D eigenvalue weighted by Gasteiger charge is -2.29. The molecule has 3 aliphatic rings. The molecular weight excluding hydrogens is 414 g/mol. The lowest BCUT2D eigenvalue weighted by atomic mass is 10.1. The number of nitrogens with one attached hydrogen (secondary N) is 1. The van der Waals surface area contributed by atoms with Crippen LogP contribution in [-0.4, -0.2) is 55.3 Å². The Bertz CT molecular complexity index is 999. The van der Waals surface area contributed by atoms with Crippen molar-refractivity contribution in [2.24, 2.45) is 5.92 Å². The average molecular weight is 440 g/mol. The van der Waals surface area contributed by atoms with E-state index in [-0.39, 0.29) is 41.5 Å². The van der Waals surface area contributed by atoms with E-state index in [0.717, 1.165) is 21.8 Å². The standard InChI is InChI=1S/C23H25N3O4S/c1-4-17-6-8-20(31-17)22(28)24-18-12-26(23(29)15(18)3)16-5-7-19(14(2)11-16)25-9-10-30-13-21(25)27/h1,5-7,11,15,18,20H,8-10,12-13H2,2-3H3,(H,24,28)/t15?,18-,20?/m0/s1. The normalized spacial score (nSPS) is 26.1. The van der Waals surface area contributed by atoms with E-state index in [4.69, 9.17) is 11.2 Å². The molecule has 162 valence electrons. The number of benzene rings is 1. The van der Waals surface area contributed by atoms with Crippen molar-refractivity contribution in [3.05, 3.63) is 34.7 Å². The molecule has 0 spiro atoms. The van der Waals surface area contributed by atoms with Crippen LogP contribution >= 0.6 is 11.8 Å². The Hall–Kier alpha value is -2.76. The van der Waals surface area contributed by atoms with Crippen LogP contribution < -0.4 is 15.1 Å². The molecule has 8 heteroatoms. The van der Waals surface area contributed by atoms with Crippen molar-refractivity contribution >= 4 is 40.9 Å². The number of ether oxygens (including phenoxy) is 1. The molecule has 1 N–H and O–H groups in total. The number of aryl methyl sites for hydroxylation is 1. The summed E-state index contributed by atoms with van der Waals surface area (Å²) in [5.74, 6) is 2.07. The first-order valence-corrected chi connectivity index (χ1v) is 11.2. The molecule has 2 fully saturated rings. The molecule has 1 aromatic carbocycles. The lowest BCUT2D eigenvalue weighted by Crippen LogP contribution is -2.43. The molecule has 3 heterocycles. The third-order valence-electron chi connectivity index (χ3n) is 5.96. The number of terminal acetylenes is 1. The smallest absolute Gasteiger partial charge is 0.253 e. The number of nitrogens with zero attached hydrogens (tertiary/aromatic N) is 2. The van der Waals surface area contributed by atoms with Crippen LogP contribution in [0.5, 0.6) is 0 Å². The SMILES string of the molecule is C#CC1=CCC(C(=O)N[C@H]2CN(c3ccc(N4CCOCC4=O)c(C)c3)C(=O)C2C)S1. The molecule has 0 bridgehead atoms. The number of carbonyl (C=O) groups is 3. The molecular formula is C23H25N3O4S. The Balaban J connectivity index is 1.45. The number of rotatable bonds is 4. The van der Waals surface area contributed by atoms with Gasteiger partial charge in [-0.05, 0) is 37.1 Å². The van der Waals surface area contributed by atoms with Gasteiger partial charge in [0, 0.05) is 24.5 Å². The molecule has 0 radical (unpaired) electrons. The first kappa shape index (κ1) is 21.5. The Morgan fingerprint density at radius 2 is 2.13 bits per heavy atom. The topological polar surface area (TPSA) is 79.0 Å². The summed E-state index contributed by atoms with van der Waals surface area (Å²) in [6.07, 6.45) is 7.91. The number of amides is 3. The first-order valence-electron chi connectivity index (χ1n) is 10.3. The molecule has 7 nitrogen and oxygen atoms in total.